The van der Waals surface area contributed by atoms with Crippen molar-refractivity contribution in [3.05, 3.63) is 23.5 Å². The van der Waals surface area contributed by atoms with E-state index in [1.807, 2.05) is 0 Å². The molecule has 0 amide bonds. The Kier molecular flexibility index (Phi) is 4.13. The van der Waals surface area contributed by atoms with Crippen molar-refractivity contribution in [2.45, 2.75) is 19.3 Å². The summed E-state index contributed by atoms with van der Waals surface area (Å²) in [5.41, 5.74) is 6.23. The molecule has 1 fully saturated rings. The van der Waals surface area contributed by atoms with Crippen molar-refractivity contribution >= 4 is 17.3 Å². The van der Waals surface area contributed by atoms with Gasteiger partial charge in [0.2, 0.25) is 0 Å². The molecule has 1 aromatic carbocycles. The molecule has 6 heteroatoms. The Morgan fingerprint density at radius 2 is 2.25 bits per heavy atom. The van der Waals surface area contributed by atoms with Crippen LogP contribution in [-0.2, 0) is 4.74 Å². The van der Waals surface area contributed by atoms with Crippen LogP contribution in [0.3, 0.4) is 0 Å². The summed E-state index contributed by atoms with van der Waals surface area (Å²) in [6.07, 6.45) is 3.17. The molecule has 5 nitrogen and oxygen atoms in total. The first kappa shape index (κ1) is 14.6. The van der Waals surface area contributed by atoms with Gasteiger partial charge in [0, 0.05) is 20.3 Å². The third-order valence-corrected chi connectivity index (χ3v) is 3.82. The molecular weight excluding hydrogens is 263 g/mol. The van der Waals surface area contributed by atoms with E-state index < -0.39 is 17.3 Å². The topological polar surface area (TPSA) is 84.6 Å². The van der Waals surface area contributed by atoms with E-state index in [2.05, 4.69) is 5.32 Å². The van der Waals surface area contributed by atoms with E-state index in [1.165, 1.54) is 0 Å². The molecule has 0 spiro atoms. The Labute approximate surface area is 116 Å². The molecule has 0 bridgehead atoms. The summed E-state index contributed by atoms with van der Waals surface area (Å²) in [5, 5.41) is 11.9. The maximum absolute atomic E-state index is 13.6. The molecule has 0 aliphatic heterocycles. The molecule has 1 aliphatic carbocycles. The number of rotatable bonds is 7. The molecule has 0 radical (unpaired) electrons. The zero-order valence-electron chi connectivity index (χ0n) is 11.4. The van der Waals surface area contributed by atoms with Crippen molar-refractivity contribution < 1.29 is 19.0 Å². The number of benzene rings is 1. The Morgan fingerprint density at radius 1 is 1.55 bits per heavy atom. The Balaban J connectivity index is 2.03. The monoisotopic (exact) mass is 282 g/mol. The summed E-state index contributed by atoms with van der Waals surface area (Å²) >= 11 is 0. The van der Waals surface area contributed by atoms with Gasteiger partial charge in [0.1, 0.15) is 5.82 Å². The first-order valence-electron chi connectivity index (χ1n) is 6.52. The number of ether oxygens (including phenoxy) is 1. The van der Waals surface area contributed by atoms with Crippen molar-refractivity contribution in [3.8, 4) is 0 Å². The van der Waals surface area contributed by atoms with Gasteiger partial charge in [-0.1, -0.05) is 0 Å². The third-order valence-electron chi connectivity index (χ3n) is 3.82. The number of hydrogen-bond acceptors (Lipinski definition) is 4. The van der Waals surface area contributed by atoms with Gasteiger partial charge in [0.15, 0.2) is 0 Å². The molecule has 1 aliphatic rings. The van der Waals surface area contributed by atoms with E-state index in [9.17, 15) is 9.18 Å². The molecule has 4 N–H and O–H groups in total. The molecule has 110 valence electrons. The lowest BCUT2D eigenvalue weighted by Crippen LogP contribution is -2.18. The molecular formula is C14H19FN2O3. The van der Waals surface area contributed by atoms with Crippen molar-refractivity contribution in [2.24, 2.45) is 5.41 Å². The fourth-order valence-corrected chi connectivity index (χ4v) is 2.20. The quantitative estimate of drug-likeness (QED) is 0.668. The number of aromatic carboxylic acids is 1. The van der Waals surface area contributed by atoms with Crippen LogP contribution in [0.4, 0.5) is 15.8 Å². The number of carbonyl (C=O) groups is 1. The normalized spacial score (nSPS) is 15.9. The predicted octanol–water partition coefficient (Wildman–Crippen LogP) is 2.33. The van der Waals surface area contributed by atoms with Crippen molar-refractivity contribution in [3.63, 3.8) is 0 Å². The van der Waals surface area contributed by atoms with E-state index in [-0.39, 0.29) is 11.1 Å². The van der Waals surface area contributed by atoms with Crippen LogP contribution < -0.4 is 11.1 Å². The average Bonchev–Trinajstić information content (AvgIpc) is 3.17. The highest BCUT2D eigenvalue weighted by atomic mass is 19.1. The highest BCUT2D eigenvalue weighted by Gasteiger charge is 2.41. The molecule has 2 rings (SSSR count). The minimum atomic E-state index is -1.32. The molecule has 1 saturated carbocycles. The van der Waals surface area contributed by atoms with E-state index in [0.717, 1.165) is 31.4 Å². The minimum absolute atomic E-state index is 0.199. The lowest BCUT2D eigenvalue weighted by atomic mass is 10.0. The number of carboxylic acids is 1. The number of halogens is 1. The summed E-state index contributed by atoms with van der Waals surface area (Å²) in [5.74, 6) is -2.10. The van der Waals surface area contributed by atoms with Crippen LogP contribution in [0.25, 0.3) is 0 Å². The SMILES string of the molecule is COCCC1(CNc2cc(F)c(C(=O)O)cc2N)CC1. The second kappa shape index (κ2) is 5.66. The fraction of sp³-hybridized carbons (Fsp3) is 0.500. The predicted molar refractivity (Wildman–Crippen MR) is 74.4 cm³/mol. The van der Waals surface area contributed by atoms with Crippen molar-refractivity contribution in [1.29, 1.82) is 0 Å². The molecule has 20 heavy (non-hydrogen) atoms. The van der Waals surface area contributed by atoms with Crippen LogP contribution in [0.15, 0.2) is 12.1 Å². The van der Waals surface area contributed by atoms with Gasteiger partial charge in [0.05, 0.1) is 16.9 Å². The number of carboxylic acid groups (broad SMARTS) is 1. The lowest BCUT2D eigenvalue weighted by molar-refractivity contribution is 0.0692. The van der Waals surface area contributed by atoms with E-state index in [0.29, 0.717) is 18.8 Å². The van der Waals surface area contributed by atoms with Gasteiger partial charge in [-0.05, 0) is 36.8 Å². The zero-order chi connectivity index (χ0) is 14.8. The molecule has 0 saturated heterocycles. The maximum atomic E-state index is 13.6. The van der Waals surface area contributed by atoms with Crippen molar-refractivity contribution in [1.82, 2.24) is 0 Å². The second-order valence-corrected chi connectivity index (χ2v) is 5.32. The van der Waals surface area contributed by atoms with Crippen LogP contribution in [0.1, 0.15) is 29.6 Å². The lowest BCUT2D eigenvalue weighted by Gasteiger charge is -2.17. The molecule has 0 unspecified atom stereocenters. The summed E-state index contributed by atoms with van der Waals surface area (Å²) < 4.78 is 18.7. The van der Waals surface area contributed by atoms with Gasteiger partial charge in [0.25, 0.3) is 0 Å². The Bertz CT molecular complexity index is 515. The summed E-state index contributed by atoms with van der Waals surface area (Å²) in [4.78, 5) is 10.8. The summed E-state index contributed by atoms with van der Waals surface area (Å²) in [7, 11) is 1.67. The number of nitrogens with two attached hydrogens (primary N) is 1. The van der Waals surface area contributed by atoms with E-state index in [1.54, 1.807) is 7.11 Å². The van der Waals surface area contributed by atoms with Crippen LogP contribution in [0.5, 0.6) is 0 Å². The van der Waals surface area contributed by atoms with E-state index in [4.69, 9.17) is 15.6 Å². The average molecular weight is 282 g/mol. The maximum Gasteiger partial charge on any atom is 0.338 e. The molecule has 0 atom stereocenters. The smallest absolute Gasteiger partial charge is 0.338 e. The summed E-state index contributed by atoms with van der Waals surface area (Å²) in [6.45, 7) is 1.38. The first-order chi connectivity index (χ1) is 9.47. The molecule has 0 heterocycles. The Morgan fingerprint density at radius 3 is 2.80 bits per heavy atom. The minimum Gasteiger partial charge on any atom is -0.478 e. The van der Waals surface area contributed by atoms with Gasteiger partial charge < -0.3 is 20.9 Å². The van der Waals surface area contributed by atoms with Gasteiger partial charge in [-0.2, -0.15) is 0 Å². The fourth-order valence-electron chi connectivity index (χ4n) is 2.20. The number of nitrogens with one attached hydrogen (secondary N) is 1. The van der Waals surface area contributed by atoms with Crippen LogP contribution in [-0.4, -0.2) is 31.3 Å². The van der Waals surface area contributed by atoms with Crippen LogP contribution in [0.2, 0.25) is 0 Å². The number of anilines is 2. The number of hydrogen-bond donors (Lipinski definition) is 3. The highest BCUT2D eigenvalue weighted by Crippen LogP contribution is 2.48. The molecule has 0 aromatic heterocycles. The van der Waals surface area contributed by atoms with E-state index >= 15 is 0 Å². The second-order valence-electron chi connectivity index (χ2n) is 5.32. The molecule has 1 aromatic rings. The Hall–Kier alpha value is -1.82. The largest absolute Gasteiger partial charge is 0.478 e. The van der Waals surface area contributed by atoms with Gasteiger partial charge in [-0.3, -0.25) is 0 Å². The van der Waals surface area contributed by atoms with Gasteiger partial charge in [-0.15, -0.1) is 0 Å². The number of nitrogen functional groups attached to an aromatic ring is 1. The van der Waals surface area contributed by atoms with Crippen LogP contribution >= 0.6 is 0 Å². The standard InChI is InChI=1S/C14H19FN2O3/c1-20-5-4-14(2-3-14)8-17-12-7-10(15)9(13(18)19)6-11(12)16/h6-7,17H,2-5,8,16H2,1H3,(H,18,19). The zero-order valence-corrected chi connectivity index (χ0v) is 11.4. The van der Waals surface area contributed by atoms with Gasteiger partial charge >= 0.3 is 5.97 Å². The number of methoxy groups -OCH3 is 1. The summed E-state index contributed by atoms with van der Waals surface area (Å²) in [6, 6.07) is 2.29. The van der Waals surface area contributed by atoms with Crippen LogP contribution in [0, 0.1) is 11.2 Å². The first-order valence-corrected chi connectivity index (χ1v) is 6.52. The highest BCUT2D eigenvalue weighted by molar-refractivity contribution is 5.90. The van der Waals surface area contributed by atoms with Gasteiger partial charge in [-0.25, -0.2) is 9.18 Å². The van der Waals surface area contributed by atoms with Crippen molar-refractivity contribution in [2.75, 3.05) is 31.3 Å². The third kappa shape index (κ3) is 3.19.